The largest absolute Gasteiger partial charge is 0.488 e. The van der Waals surface area contributed by atoms with E-state index in [1.807, 2.05) is 73.8 Å². The van der Waals surface area contributed by atoms with E-state index in [1.54, 1.807) is 32.9 Å². The van der Waals surface area contributed by atoms with E-state index in [-0.39, 0.29) is 49.0 Å². The molecule has 17 heteroatoms. The van der Waals surface area contributed by atoms with Crippen molar-refractivity contribution in [3.8, 4) is 11.5 Å². The molecule has 0 bridgehead atoms. The summed E-state index contributed by atoms with van der Waals surface area (Å²) in [6.45, 7) is 3.99. The highest BCUT2D eigenvalue weighted by molar-refractivity contribution is 6.19. The maximum absolute atomic E-state index is 14.2. The lowest BCUT2D eigenvalue weighted by atomic mass is 9.95. The Morgan fingerprint density at radius 1 is 0.731 bits per heavy atom. The van der Waals surface area contributed by atoms with Crippen LogP contribution in [0.1, 0.15) is 60.6 Å². The van der Waals surface area contributed by atoms with Crippen molar-refractivity contribution in [1.29, 1.82) is 0 Å². The molecule has 0 spiro atoms. The van der Waals surface area contributed by atoms with Crippen LogP contribution >= 0.6 is 23.2 Å². The van der Waals surface area contributed by atoms with Gasteiger partial charge in [-0.25, -0.2) is 9.59 Å². The van der Waals surface area contributed by atoms with E-state index < -0.39 is 18.2 Å². The van der Waals surface area contributed by atoms with Gasteiger partial charge in [-0.15, -0.1) is 23.2 Å². The number of rotatable bonds is 16. The zero-order valence-electron chi connectivity index (χ0n) is 37.5. The maximum Gasteiger partial charge on any atom is 0.415 e. The molecule has 0 saturated carbocycles. The molecular weight excluding hydrogens is 896 g/mol. The van der Waals surface area contributed by atoms with Crippen LogP contribution in [0.4, 0.5) is 26.7 Å². The van der Waals surface area contributed by atoms with Crippen LogP contribution in [0, 0.1) is 0 Å². The number of benzene rings is 5. The first-order chi connectivity index (χ1) is 32.4. The number of nitrogens with one attached hydrogen (secondary N) is 2. The van der Waals surface area contributed by atoms with Crippen LogP contribution in [0.5, 0.6) is 11.5 Å². The number of urea groups is 1. The van der Waals surface area contributed by atoms with E-state index in [4.69, 9.17) is 44.1 Å². The van der Waals surface area contributed by atoms with Gasteiger partial charge in [0.1, 0.15) is 18.1 Å². The fourth-order valence-electron chi connectivity index (χ4n) is 9.31. The Balaban J connectivity index is 0.931. The number of nitrogens with two attached hydrogens (primary N) is 2. The number of anilines is 3. The number of alkyl halides is 2. The predicted octanol–water partition coefficient (Wildman–Crippen LogP) is 7.24. The van der Waals surface area contributed by atoms with Crippen molar-refractivity contribution in [2.75, 3.05) is 79.7 Å². The highest BCUT2D eigenvalue weighted by Crippen LogP contribution is 2.48. The van der Waals surface area contributed by atoms with Crippen molar-refractivity contribution < 1.29 is 33.4 Å². The molecule has 1 saturated heterocycles. The van der Waals surface area contributed by atoms with Gasteiger partial charge in [0.15, 0.2) is 0 Å². The number of hydrogen-bond acceptors (Lipinski definition) is 9. The lowest BCUT2D eigenvalue weighted by Gasteiger charge is -2.31. The first-order valence-corrected chi connectivity index (χ1v) is 23.8. The van der Waals surface area contributed by atoms with Gasteiger partial charge >= 0.3 is 12.1 Å². The van der Waals surface area contributed by atoms with E-state index in [0.29, 0.717) is 86.6 Å². The summed E-state index contributed by atoms with van der Waals surface area (Å²) in [6.07, 6.45) is 1.04. The fourth-order valence-corrected chi connectivity index (χ4v) is 9.81. The van der Waals surface area contributed by atoms with E-state index >= 15 is 0 Å². The van der Waals surface area contributed by atoms with Crippen molar-refractivity contribution in [2.45, 2.75) is 56.6 Å². The van der Waals surface area contributed by atoms with Crippen molar-refractivity contribution in [1.82, 2.24) is 15.1 Å². The summed E-state index contributed by atoms with van der Waals surface area (Å²) in [7, 11) is 2.02. The summed E-state index contributed by atoms with van der Waals surface area (Å²) in [6, 6.07) is 25.3. The second kappa shape index (κ2) is 21.2. The molecular formula is C50H56Cl2N8O7. The Morgan fingerprint density at radius 3 is 1.82 bits per heavy atom. The van der Waals surface area contributed by atoms with Crippen LogP contribution in [0.15, 0.2) is 84.9 Å². The van der Waals surface area contributed by atoms with Gasteiger partial charge in [-0.1, -0.05) is 60.7 Å². The molecule has 3 aliphatic rings. The number of halogens is 2. The van der Waals surface area contributed by atoms with Crippen LogP contribution in [0.2, 0.25) is 0 Å². The molecule has 3 aliphatic heterocycles. The molecule has 1 fully saturated rings. The van der Waals surface area contributed by atoms with E-state index in [1.165, 1.54) is 0 Å². The molecule has 0 radical (unpaired) electrons. The maximum atomic E-state index is 14.2. The van der Waals surface area contributed by atoms with Crippen LogP contribution in [0.3, 0.4) is 0 Å². The summed E-state index contributed by atoms with van der Waals surface area (Å²) >= 11 is 13.1. The molecule has 3 heterocycles. The third kappa shape index (κ3) is 10.5. The minimum atomic E-state index is -0.751. The molecule has 6 N–H and O–H groups in total. The lowest BCUT2D eigenvalue weighted by Crippen LogP contribution is -2.48. The number of piperazine rings is 1. The summed E-state index contributed by atoms with van der Waals surface area (Å²) in [5.74, 6) is 0.800. The van der Waals surface area contributed by atoms with Gasteiger partial charge in [-0.2, -0.15) is 0 Å². The van der Waals surface area contributed by atoms with Crippen LogP contribution in [-0.4, -0.2) is 110 Å². The molecule has 3 atom stereocenters. The van der Waals surface area contributed by atoms with Crippen LogP contribution in [0.25, 0.3) is 21.5 Å². The van der Waals surface area contributed by atoms with Crippen molar-refractivity contribution in [2.24, 2.45) is 11.5 Å². The van der Waals surface area contributed by atoms with Crippen LogP contribution in [-0.2, 0) is 21.0 Å². The number of fused-ring (bicyclic) bond motifs is 6. The van der Waals surface area contributed by atoms with Crippen molar-refractivity contribution in [3.63, 3.8) is 0 Å². The number of likely N-dealkylation sites (N-methyl/N-ethyl adjacent to an activating group) is 1. The minimum absolute atomic E-state index is 0.105. The first-order valence-electron chi connectivity index (χ1n) is 22.7. The average Bonchev–Trinajstić information content (AvgIpc) is 3.91. The van der Waals surface area contributed by atoms with Gasteiger partial charge < -0.3 is 51.2 Å². The SMILES string of the molecule is CN1CCN(C(=O)Oc2cc3c(c4ccccc24)[C@H](CCl)CN3C(=O)CCCC(=O)N2C[C@@H](CCl)c3c2cc(OCc2ccc(NC(=O)[C@@H](N)CCCNC(N)=O)cc2)c2ccccc32)CC1. The normalized spacial score (nSPS) is 17.3. The summed E-state index contributed by atoms with van der Waals surface area (Å²) in [5.41, 5.74) is 15.9. The molecule has 15 nitrogen and oxygen atoms in total. The molecule has 5 aromatic carbocycles. The topological polar surface area (TPSA) is 193 Å². The number of amides is 6. The number of primary amides is 1. The monoisotopic (exact) mass is 950 g/mol. The highest BCUT2D eigenvalue weighted by Gasteiger charge is 2.37. The molecule has 8 rings (SSSR count). The Morgan fingerprint density at radius 2 is 1.27 bits per heavy atom. The van der Waals surface area contributed by atoms with Crippen LogP contribution < -0.4 is 41.4 Å². The van der Waals surface area contributed by atoms with Crippen molar-refractivity contribution >= 4 is 91.7 Å². The molecule has 67 heavy (non-hydrogen) atoms. The second-order valence-corrected chi connectivity index (χ2v) is 18.1. The summed E-state index contributed by atoms with van der Waals surface area (Å²) < 4.78 is 12.5. The molecule has 0 unspecified atom stereocenters. The Bertz CT molecular complexity index is 2660. The standard InChI is InChI=1S/C50H56Cl2N8O7/c1-57-20-22-58(23-21-57)50(65)67-43-25-41-47(38-11-5-3-9-36(38)43)33(27-52)29-60(41)45(62)14-6-13-44(61)59-28-32(26-51)46-37-10-4-2-8-35(37)42(24-40(46)59)66-30-31-15-17-34(18-16-31)56-48(63)39(53)12-7-19-55-49(54)64/h2-5,8-11,15-18,24-25,32-33,39H,6-7,12-14,19-23,26-30,53H2,1H3,(H,56,63)(H3,54,55,64)/t32-,33-,39+/m1/s1. The third-order valence-corrected chi connectivity index (χ3v) is 13.7. The third-order valence-electron chi connectivity index (χ3n) is 12.9. The predicted molar refractivity (Wildman–Crippen MR) is 263 cm³/mol. The van der Waals surface area contributed by atoms with Gasteiger partial charge in [0, 0.05) is 111 Å². The van der Waals surface area contributed by atoms with Gasteiger partial charge in [0.05, 0.1) is 17.4 Å². The number of nitrogens with zero attached hydrogens (tertiary/aromatic N) is 4. The molecule has 6 amide bonds. The van der Waals surface area contributed by atoms with E-state index in [0.717, 1.165) is 57.0 Å². The van der Waals surface area contributed by atoms with E-state index in [2.05, 4.69) is 15.5 Å². The molecule has 0 aliphatic carbocycles. The number of carbonyl (C=O) groups is 5. The van der Waals surface area contributed by atoms with Gasteiger partial charge in [-0.05, 0) is 65.9 Å². The van der Waals surface area contributed by atoms with Gasteiger partial charge in [-0.3, -0.25) is 14.4 Å². The zero-order chi connectivity index (χ0) is 47.2. The lowest BCUT2D eigenvalue weighted by molar-refractivity contribution is -0.120. The quantitative estimate of drug-likeness (QED) is 0.0583. The van der Waals surface area contributed by atoms with E-state index in [9.17, 15) is 24.0 Å². The molecule has 352 valence electrons. The highest BCUT2D eigenvalue weighted by atomic mass is 35.5. The smallest absolute Gasteiger partial charge is 0.415 e. The average molecular weight is 952 g/mol. The van der Waals surface area contributed by atoms with Gasteiger partial charge in [0.25, 0.3) is 0 Å². The van der Waals surface area contributed by atoms with Crippen molar-refractivity contribution in [3.05, 3.63) is 102 Å². The van der Waals surface area contributed by atoms with Gasteiger partial charge in [0.2, 0.25) is 17.7 Å². The minimum Gasteiger partial charge on any atom is -0.488 e. The number of ether oxygens (including phenoxy) is 2. The molecule has 0 aromatic heterocycles. The zero-order valence-corrected chi connectivity index (χ0v) is 39.0. The Labute approximate surface area is 399 Å². The number of hydrogen-bond donors (Lipinski definition) is 4. The summed E-state index contributed by atoms with van der Waals surface area (Å²) in [5, 5.41) is 8.83. The summed E-state index contributed by atoms with van der Waals surface area (Å²) in [4.78, 5) is 72.6. The first kappa shape index (κ1) is 47.4. The Kier molecular flexibility index (Phi) is 15.0. The molecule has 5 aromatic rings. The second-order valence-electron chi connectivity index (χ2n) is 17.4. The fraction of sp³-hybridized carbons (Fsp3) is 0.380. The number of carbonyl (C=O) groups excluding carboxylic acids is 5. The Hall–Kier alpha value is -6.13.